The number of rotatable bonds is 4. The molecule has 34 heavy (non-hydrogen) atoms. The molecule has 5 aromatic rings. The number of imidazole rings is 1. The van der Waals surface area contributed by atoms with Crippen molar-refractivity contribution in [1.29, 1.82) is 0 Å². The quantitative estimate of drug-likeness (QED) is 0.287. The second-order valence-electron chi connectivity index (χ2n) is 7.55. The van der Waals surface area contributed by atoms with Crippen molar-refractivity contribution in [3.63, 3.8) is 0 Å². The van der Waals surface area contributed by atoms with Crippen LogP contribution in [0.3, 0.4) is 0 Å². The van der Waals surface area contributed by atoms with Crippen LogP contribution in [-0.2, 0) is 12.7 Å². The van der Waals surface area contributed by atoms with Gasteiger partial charge in [-0.25, -0.2) is 13.8 Å². The fourth-order valence-corrected chi connectivity index (χ4v) is 3.63. The Morgan fingerprint density at radius 2 is 1.68 bits per heavy atom. The van der Waals surface area contributed by atoms with Crippen LogP contribution in [0.15, 0.2) is 73.2 Å². The molecule has 5 nitrogen and oxygen atoms in total. The highest BCUT2D eigenvalue weighted by Crippen LogP contribution is 2.36. The van der Waals surface area contributed by atoms with E-state index < -0.39 is 23.4 Å². The molecule has 0 saturated carbocycles. The molecule has 0 saturated heterocycles. The third-order valence-corrected chi connectivity index (χ3v) is 5.25. The summed E-state index contributed by atoms with van der Waals surface area (Å²) in [4.78, 5) is 11.4. The predicted octanol–water partition coefficient (Wildman–Crippen LogP) is 5.32. The van der Waals surface area contributed by atoms with E-state index in [-0.39, 0.29) is 29.2 Å². The van der Waals surface area contributed by atoms with Crippen LogP contribution < -0.4 is 4.68 Å². The molecule has 0 atom stereocenters. The van der Waals surface area contributed by atoms with E-state index in [9.17, 15) is 22.0 Å². The number of hydrogen-bond donors (Lipinski definition) is 1. The van der Waals surface area contributed by atoms with Gasteiger partial charge in [0.2, 0.25) is 12.7 Å². The minimum Gasteiger partial charge on any atom is -0.333 e. The van der Waals surface area contributed by atoms with Crippen LogP contribution in [0.4, 0.5) is 22.0 Å². The van der Waals surface area contributed by atoms with Crippen molar-refractivity contribution < 1.29 is 26.6 Å². The van der Waals surface area contributed by atoms with Crippen molar-refractivity contribution >= 4 is 11.0 Å². The molecule has 3 heterocycles. The summed E-state index contributed by atoms with van der Waals surface area (Å²) in [6, 6.07) is 12.3. The van der Waals surface area contributed by atoms with Crippen LogP contribution in [0.2, 0.25) is 0 Å². The molecule has 2 aromatic carbocycles. The Morgan fingerprint density at radius 1 is 0.882 bits per heavy atom. The van der Waals surface area contributed by atoms with Gasteiger partial charge in [0, 0.05) is 17.3 Å². The topological polar surface area (TPSA) is 58.3 Å². The first-order valence-corrected chi connectivity index (χ1v) is 10.1. The molecule has 170 valence electrons. The summed E-state index contributed by atoms with van der Waals surface area (Å²) in [5.41, 5.74) is 1.19. The number of fused-ring (bicyclic) bond motifs is 1. The molecule has 1 N–H and O–H groups in total. The van der Waals surface area contributed by atoms with Crippen molar-refractivity contribution in [3.05, 3.63) is 95.9 Å². The van der Waals surface area contributed by atoms with E-state index in [4.69, 9.17) is 0 Å². The van der Waals surface area contributed by atoms with E-state index in [1.807, 2.05) is 0 Å². The normalized spacial score (nSPS) is 11.8. The van der Waals surface area contributed by atoms with Crippen LogP contribution in [0.5, 0.6) is 0 Å². The molecular formula is C24H15F5N5+. The van der Waals surface area contributed by atoms with Crippen molar-refractivity contribution in [2.45, 2.75) is 12.7 Å². The number of H-pyrrole nitrogens is 1. The number of benzene rings is 2. The van der Waals surface area contributed by atoms with E-state index in [1.54, 1.807) is 16.9 Å². The van der Waals surface area contributed by atoms with E-state index in [0.29, 0.717) is 16.6 Å². The molecule has 0 radical (unpaired) electrons. The van der Waals surface area contributed by atoms with E-state index in [0.717, 1.165) is 12.1 Å². The lowest BCUT2D eigenvalue weighted by Gasteiger charge is -2.12. The lowest BCUT2D eigenvalue weighted by Crippen LogP contribution is -2.37. The maximum atomic E-state index is 14.1. The maximum absolute atomic E-state index is 14.1. The zero-order chi connectivity index (χ0) is 23.9. The smallest absolute Gasteiger partial charge is 0.333 e. The Balaban J connectivity index is 1.40. The van der Waals surface area contributed by atoms with Crippen molar-refractivity contribution in [2.24, 2.45) is 0 Å². The molecule has 0 unspecified atom stereocenters. The third kappa shape index (κ3) is 4.09. The first-order chi connectivity index (χ1) is 16.3. The summed E-state index contributed by atoms with van der Waals surface area (Å²) in [6.45, 7) is 0.285. The number of aromatic nitrogens is 5. The number of aromatic amines is 1. The van der Waals surface area contributed by atoms with E-state index in [2.05, 4.69) is 20.1 Å². The lowest BCUT2D eigenvalue weighted by molar-refractivity contribution is -0.745. The molecule has 0 fully saturated rings. The Kier molecular flexibility index (Phi) is 5.27. The number of halogens is 5. The zero-order valence-electron chi connectivity index (χ0n) is 17.3. The van der Waals surface area contributed by atoms with Gasteiger partial charge in [0.05, 0.1) is 16.8 Å². The molecule has 0 spiro atoms. The largest absolute Gasteiger partial charge is 0.417 e. The average Bonchev–Trinajstić information content (AvgIpc) is 3.24. The second-order valence-corrected chi connectivity index (χ2v) is 7.55. The molecule has 0 aliphatic carbocycles. The van der Waals surface area contributed by atoms with Crippen LogP contribution in [0.25, 0.3) is 33.7 Å². The minimum atomic E-state index is -4.48. The summed E-state index contributed by atoms with van der Waals surface area (Å²) in [7, 11) is 0. The van der Waals surface area contributed by atoms with E-state index in [1.165, 1.54) is 48.8 Å². The highest BCUT2D eigenvalue weighted by molar-refractivity contribution is 5.77. The van der Waals surface area contributed by atoms with Crippen LogP contribution in [0, 0.1) is 11.6 Å². The van der Waals surface area contributed by atoms with Gasteiger partial charge in [-0.15, -0.1) is 0 Å². The summed E-state index contributed by atoms with van der Waals surface area (Å²) in [5, 5.41) is 4.27. The predicted molar refractivity (Wildman–Crippen MR) is 113 cm³/mol. The number of pyridine rings is 1. The fourth-order valence-electron chi connectivity index (χ4n) is 3.63. The molecule has 0 aliphatic heterocycles. The summed E-state index contributed by atoms with van der Waals surface area (Å²) >= 11 is 0. The van der Waals surface area contributed by atoms with Gasteiger partial charge < -0.3 is 4.98 Å². The van der Waals surface area contributed by atoms with Gasteiger partial charge in [0.15, 0.2) is 11.6 Å². The number of alkyl halides is 3. The van der Waals surface area contributed by atoms with Gasteiger partial charge in [-0.3, -0.25) is 4.98 Å². The highest BCUT2D eigenvalue weighted by atomic mass is 19.4. The van der Waals surface area contributed by atoms with Crippen molar-refractivity contribution in [2.75, 3.05) is 0 Å². The summed E-state index contributed by atoms with van der Waals surface area (Å²) in [5.74, 6) is -1.80. The Hall–Kier alpha value is -4.21. The number of hydrogen-bond acceptors (Lipinski definition) is 3. The first-order valence-electron chi connectivity index (χ1n) is 10.1. The number of nitrogens with one attached hydrogen (secondary N) is 1. The van der Waals surface area contributed by atoms with Gasteiger partial charge in [0.1, 0.15) is 23.1 Å². The van der Waals surface area contributed by atoms with E-state index >= 15 is 0 Å². The molecule has 3 aromatic heterocycles. The highest BCUT2D eigenvalue weighted by Gasteiger charge is 2.33. The van der Waals surface area contributed by atoms with Crippen LogP contribution >= 0.6 is 0 Å². The zero-order valence-corrected chi connectivity index (χ0v) is 17.3. The molecular weight excluding hydrogens is 453 g/mol. The van der Waals surface area contributed by atoms with Crippen molar-refractivity contribution in [3.8, 4) is 22.6 Å². The fraction of sp³-hybridized carbons (Fsp3) is 0.0833. The average molecular weight is 468 g/mol. The molecule has 0 aliphatic rings. The van der Waals surface area contributed by atoms with Gasteiger partial charge in [-0.05, 0) is 35.4 Å². The third-order valence-electron chi connectivity index (χ3n) is 5.25. The first kappa shape index (κ1) is 21.6. The van der Waals surface area contributed by atoms with Gasteiger partial charge in [0.25, 0.3) is 0 Å². The number of nitrogens with zero attached hydrogens (tertiary/aromatic N) is 4. The molecule has 0 bridgehead atoms. The maximum Gasteiger partial charge on any atom is 0.417 e. The van der Waals surface area contributed by atoms with Crippen LogP contribution in [-0.4, -0.2) is 20.1 Å². The Morgan fingerprint density at radius 3 is 2.44 bits per heavy atom. The van der Waals surface area contributed by atoms with Gasteiger partial charge in [-0.1, -0.05) is 28.9 Å². The van der Waals surface area contributed by atoms with Crippen LogP contribution in [0.1, 0.15) is 11.1 Å². The summed E-state index contributed by atoms with van der Waals surface area (Å²) in [6.07, 6.45) is 0.134. The Labute approximate surface area is 189 Å². The minimum absolute atomic E-state index is 0.00155. The molecule has 0 amide bonds. The monoisotopic (exact) mass is 468 g/mol. The van der Waals surface area contributed by atoms with Crippen molar-refractivity contribution in [1.82, 2.24) is 20.1 Å². The van der Waals surface area contributed by atoms with Gasteiger partial charge >= 0.3 is 6.18 Å². The summed E-state index contributed by atoms with van der Waals surface area (Å²) < 4.78 is 69.1. The standard InChI is InChI=1S/C24H14F5N5/c25-18-7-3-5-16(22(18)26)23-32-20-11-31-34(13-21(20)33-23)12-14-8-9-19(30-10-14)15-4-1-2-6-17(15)24(27,28)29/h1-11,13H,12H2/p+1. The SMILES string of the molecule is Fc1cccc(-c2nc3cn[n+](Cc4ccc(-c5ccccc5C(F)(F)F)nc4)cc3[nH]2)c1F. The lowest BCUT2D eigenvalue weighted by atomic mass is 10.0. The molecule has 10 heteroatoms. The Bertz CT molecular complexity index is 1490. The van der Waals surface area contributed by atoms with Gasteiger partial charge in [-0.2, -0.15) is 13.2 Å². The second kappa shape index (κ2) is 8.29. The molecule has 5 rings (SSSR count).